The molecule has 6 heteroatoms. The third-order valence-electron chi connectivity index (χ3n) is 2.83. The number of aryl methyl sites for hydroxylation is 2. The number of aromatic nitrogens is 1. The molecule has 0 fully saturated rings. The largest absolute Gasteiger partial charge is 0.493 e. The van der Waals surface area contributed by atoms with Crippen LogP contribution in [0.1, 0.15) is 30.0 Å². The molecule has 0 amide bonds. The predicted molar refractivity (Wildman–Crippen MR) is 89.4 cm³/mol. The molecule has 0 unspecified atom stereocenters. The molecule has 2 rings (SSSR count). The number of nitrogens with two attached hydrogens (primary N) is 1. The number of nitrogens with one attached hydrogen (secondary N) is 1. The lowest BCUT2D eigenvalue weighted by Gasteiger charge is -2.12. The van der Waals surface area contributed by atoms with Gasteiger partial charge in [0.25, 0.3) is 0 Å². The molecule has 3 N–H and O–H groups in total. The van der Waals surface area contributed by atoms with E-state index in [0.717, 1.165) is 35.5 Å². The number of hydrogen-bond acceptors (Lipinski definition) is 6. The van der Waals surface area contributed by atoms with E-state index in [4.69, 9.17) is 10.5 Å². The maximum absolute atomic E-state index is 5.77. The van der Waals surface area contributed by atoms with Gasteiger partial charge in [-0.3, -0.25) is 5.43 Å². The fourth-order valence-electron chi connectivity index (χ4n) is 1.99. The fraction of sp³-hybridized carbons (Fsp3) is 0.333. The van der Waals surface area contributed by atoms with E-state index in [1.165, 1.54) is 11.3 Å². The number of thiazole rings is 1. The van der Waals surface area contributed by atoms with E-state index in [2.05, 4.69) is 34.6 Å². The number of hydrazone groups is 1. The normalized spacial score (nSPS) is 11.0. The zero-order valence-electron chi connectivity index (χ0n) is 12.5. The van der Waals surface area contributed by atoms with Crippen LogP contribution in [0.5, 0.6) is 5.75 Å². The van der Waals surface area contributed by atoms with Crippen LogP contribution < -0.4 is 15.9 Å². The maximum Gasteiger partial charge on any atom is 0.205 e. The maximum atomic E-state index is 5.77. The van der Waals surface area contributed by atoms with Crippen LogP contribution in [0.25, 0.3) is 0 Å². The predicted octanol–water partition coefficient (Wildman–Crippen LogP) is 3.58. The van der Waals surface area contributed by atoms with Crippen molar-refractivity contribution < 1.29 is 4.74 Å². The van der Waals surface area contributed by atoms with Crippen LogP contribution in [-0.4, -0.2) is 17.8 Å². The molecule has 1 heterocycles. The van der Waals surface area contributed by atoms with E-state index < -0.39 is 0 Å². The van der Waals surface area contributed by atoms with Gasteiger partial charge in [0, 0.05) is 5.38 Å². The quantitative estimate of drug-likeness (QED) is 0.632. The minimum atomic E-state index is 0.502. The highest BCUT2D eigenvalue weighted by molar-refractivity contribution is 7.14. The van der Waals surface area contributed by atoms with Crippen LogP contribution in [0.15, 0.2) is 22.6 Å². The summed E-state index contributed by atoms with van der Waals surface area (Å²) in [5.74, 6) is 1.47. The second-order valence-corrected chi connectivity index (χ2v) is 5.64. The first-order valence-electron chi connectivity index (χ1n) is 6.84. The Morgan fingerprint density at radius 2 is 2.10 bits per heavy atom. The lowest BCUT2D eigenvalue weighted by atomic mass is 10.1. The van der Waals surface area contributed by atoms with E-state index in [-0.39, 0.29) is 0 Å². The Bertz CT molecular complexity index is 613. The van der Waals surface area contributed by atoms with Gasteiger partial charge in [0.05, 0.1) is 12.8 Å². The minimum Gasteiger partial charge on any atom is -0.493 e. The molecule has 0 bridgehead atoms. The highest BCUT2D eigenvalue weighted by Crippen LogP contribution is 2.24. The average molecular weight is 304 g/mol. The molecule has 0 spiro atoms. The molecular weight excluding hydrogens is 284 g/mol. The van der Waals surface area contributed by atoms with E-state index in [1.54, 1.807) is 11.6 Å². The van der Waals surface area contributed by atoms with Gasteiger partial charge >= 0.3 is 0 Å². The highest BCUT2D eigenvalue weighted by Gasteiger charge is 2.05. The van der Waals surface area contributed by atoms with Crippen molar-refractivity contribution in [1.82, 2.24) is 4.98 Å². The zero-order chi connectivity index (χ0) is 15.2. The smallest absolute Gasteiger partial charge is 0.205 e. The number of hydrogen-bond donors (Lipinski definition) is 2. The molecule has 21 heavy (non-hydrogen) atoms. The summed E-state index contributed by atoms with van der Waals surface area (Å²) < 4.78 is 5.77. The number of anilines is 2. The molecule has 1 aromatic heterocycles. The van der Waals surface area contributed by atoms with Crippen molar-refractivity contribution in [3.8, 4) is 5.75 Å². The van der Waals surface area contributed by atoms with Crippen LogP contribution >= 0.6 is 11.3 Å². The molecule has 0 saturated heterocycles. The number of nitrogen functional groups attached to an aromatic ring is 1. The van der Waals surface area contributed by atoms with Crippen molar-refractivity contribution in [2.75, 3.05) is 17.8 Å². The van der Waals surface area contributed by atoms with E-state index in [1.807, 2.05) is 13.8 Å². The average Bonchev–Trinajstić information content (AvgIpc) is 2.84. The van der Waals surface area contributed by atoms with Crippen LogP contribution in [0, 0.1) is 13.8 Å². The molecule has 0 aliphatic carbocycles. The standard InChI is InChI=1S/C15H20N4OS/c1-4-5-20-14-10(2)6-12(7-11(14)3)8-17-19-15-18-13(16)9-21-15/h6-9H,4-5,16H2,1-3H3,(H,18,19). The Morgan fingerprint density at radius 1 is 1.38 bits per heavy atom. The third kappa shape index (κ3) is 4.19. The highest BCUT2D eigenvalue weighted by atomic mass is 32.1. The minimum absolute atomic E-state index is 0.502. The van der Waals surface area contributed by atoms with Crippen molar-refractivity contribution in [3.05, 3.63) is 34.2 Å². The molecule has 1 aromatic carbocycles. The molecule has 112 valence electrons. The van der Waals surface area contributed by atoms with Gasteiger partial charge in [-0.2, -0.15) is 5.10 Å². The monoisotopic (exact) mass is 304 g/mol. The van der Waals surface area contributed by atoms with Gasteiger partial charge in [-0.15, -0.1) is 11.3 Å². The van der Waals surface area contributed by atoms with Gasteiger partial charge < -0.3 is 10.5 Å². The first kappa shape index (κ1) is 15.3. The summed E-state index contributed by atoms with van der Waals surface area (Å²) in [5, 5.41) is 6.63. The Balaban J connectivity index is 2.06. The summed E-state index contributed by atoms with van der Waals surface area (Å²) in [6, 6.07) is 4.11. The molecule has 0 saturated carbocycles. The van der Waals surface area contributed by atoms with Gasteiger partial charge in [-0.05, 0) is 49.1 Å². The molecule has 0 aliphatic heterocycles. The lowest BCUT2D eigenvalue weighted by Crippen LogP contribution is -2.00. The van der Waals surface area contributed by atoms with Crippen LogP contribution in [0.4, 0.5) is 10.9 Å². The molecule has 0 atom stereocenters. The Hall–Kier alpha value is -2.08. The zero-order valence-corrected chi connectivity index (χ0v) is 13.3. The first-order chi connectivity index (χ1) is 10.1. The van der Waals surface area contributed by atoms with Gasteiger partial charge in [-0.1, -0.05) is 6.92 Å². The Kier molecular flexibility index (Phi) is 5.16. The third-order valence-corrected chi connectivity index (χ3v) is 3.59. The molecular formula is C15H20N4OS. The first-order valence-corrected chi connectivity index (χ1v) is 7.72. The molecule has 0 radical (unpaired) electrons. The summed E-state index contributed by atoms with van der Waals surface area (Å²) in [6.45, 7) is 6.93. The van der Waals surface area contributed by atoms with Gasteiger partial charge in [0.1, 0.15) is 11.6 Å². The number of ether oxygens (including phenoxy) is 1. The van der Waals surface area contributed by atoms with Crippen molar-refractivity contribution in [2.45, 2.75) is 27.2 Å². The Labute approximate surface area is 128 Å². The van der Waals surface area contributed by atoms with Gasteiger partial charge in [0.15, 0.2) is 0 Å². The SMILES string of the molecule is CCCOc1c(C)cc(C=NNc2nc(N)cs2)cc1C. The Morgan fingerprint density at radius 3 is 2.67 bits per heavy atom. The lowest BCUT2D eigenvalue weighted by molar-refractivity contribution is 0.313. The van der Waals surface area contributed by atoms with Gasteiger partial charge in [0.2, 0.25) is 5.13 Å². The second kappa shape index (κ2) is 7.08. The number of nitrogens with zero attached hydrogens (tertiary/aromatic N) is 2. The molecule has 2 aromatic rings. The van der Waals surface area contributed by atoms with E-state index >= 15 is 0 Å². The van der Waals surface area contributed by atoms with Crippen LogP contribution in [-0.2, 0) is 0 Å². The van der Waals surface area contributed by atoms with Crippen molar-refractivity contribution >= 4 is 28.5 Å². The van der Waals surface area contributed by atoms with Crippen molar-refractivity contribution in [2.24, 2.45) is 5.10 Å². The van der Waals surface area contributed by atoms with Crippen molar-refractivity contribution in [1.29, 1.82) is 0 Å². The second-order valence-electron chi connectivity index (χ2n) is 4.78. The summed E-state index contributed by atoms with van der Waals surface area (Å²) >= 11 is 1.42. The van der Waals surface area contributed by atoms with Crippen molar-refractivity contribution in [3.63, 3.8) is 0 Å². The summed E-state index contributed by atoms with van der Waals surface area (Å²) in [7, 11) is 0. The van der Waals surface area contributed by atoms with E-state index in [9.17, 15) is 0 Å². The summed E-state index contributed by atoms with van der Waals surface area (Å²) in [6.07, 6.45) is 2.77. The van der Waals surface area contributed by atoms with E-state index in [0.29, 0.717) is 10.9 Å². The summed E-state index contributed by atoms with van der Waals surface area (Å²) in [4.78, 5) is 4.08. The summed E-state index contributed by atoms with van der Waals surface area (Å²) in [5.41, 5.74) is 11.7. The van der Waals surface area contributed by atoms with Crippen LogP contribution in [0.3, 0.4) is 0 Å². The number of rotatable bonds is 6. The molecule has 0 aliphatic rings. The van der Waals surface area contributed by atoms with Gasteiger partial charge in [-0.25, -0.2) is 4.98 Å². The number of benzene rings is 1. The fourth-order valence-corrected chi connectivity index (χ4v) is 2.54. The van der Waals surface area contributed by atoms with Crippen LogP contribution in [0.2, 0.25) is 0 Å². The molecule has 5 nitrogen and oxygen atoms in total. The topological polar surface area (TPSA) is 72.5 Å².